The van der Waals surface area contributed by atoms with Crippen molar-refractivity contribution in [3.63, 3.8) is 0 Å². The van der Waals surface area contributed by atoms with E-state index in [9.17, 15) is 14.7 Å². The van der Waals surface area contributed by atoms with Crippen LogP contribution in [0.25, 0.3) is 0 Å². The normalized spacial score (nSPS) is 17.7. The molecule has 0 bridgehead atoms. The number of carbonyl (C=O) groups is 2. The third-order valence-corrected chi connectivity index (χ3v) is 2.29. The van der Waals surface area contributed by atoms with Crippen LogP contribution in [0.15, 0.2) is 18.2 Å². The molecule has 0 radical (unpaired) electrons. The topological polar surface area (TPSA) is 63.6 Å². The summed E-state index contributed by atoms with van der Waals surface area (Å²) in [4.78, 5) is 23.5. The Balaban J connectivity index is 2.43. The van der Waals surface area contributed by atoms with Gasteiger partial charge in [0.25, 0.3) is 0 Å². The van der Waals surface area contributed by atoms with Gasteiger partial charge in [0.1, 0.15) is 11.9 Å². The molecule has 2 rings (SSSR count). The smallest absolute Gasteiger partial charge is 0.235 e. The lowest BCUT2D eigenvalue weighted by molar-refractivity contribution is 0.0659. The molecule has 0 saturated carbocycles. The minimum absolute atomic E-state index is 0.0536. The Morgan fingerprint density at radius 3 is 2.62 bits per heavy atom. The first-order chi connectivity index (χ1) is 7.65. The minimum atomic E-state index is -1.19. The van der Waals surface area contributed by atoms with Gasteiger partial charge >= 0.3 is 0 Å². The molecule has 16 heavy (non-hydrogen) atoms. The van der Waals surface area contributed by atoms with Crippen molar-refractivity contribution in [3.05, 3.63) is 29.3 Å². The zero-order valence-corrected chi connectivity index (χ0v) is 8.48. The van der Waals surface area contributed by atoms with Crippen LogP contribution in [0.1, 0.15) is 27.6 Å². The summed E-state index contributed by atoms with van der Waals surface area (Å²) < 4.78 is 4.86. The lowest BCUT2D eigenvalue weighted by Crippen LogP contribution is -2.23. The van der Waals surface area contributed by atoms with Crippen molar-refractivity contribution in [2.75, 3.05) is 0 Å². The molecule has 1 aliphatic rings. The van der Waals surface area contributed by atoms with Crippen LogP contribution in [0, 0.1) is 12.0 Å². The molecule has 0 fully saturated rings. The van der Waals surface area contributed by atoms with E-state index < -0.39 is 17.7 Å². The highest BCUT2D eigenvalue weighted by Gasteiger charge is 2.40. The van der Waals surface area contributed by atoms with Gasteiger partial charge in [-0.05, 0) is 18.2 Å². The van der Waals surface area contributed by atoms with Gasteiger partial charge < -0.3 is 9.84 Å². The van der Waals surface area contributed by atoms with Crippen LogP contribution >= 0.6 is 0 Å². The number of Topliss-reactive ketones (excluding diaryl/α,β-unsaturated/α-hetero) is 2. The van der Waals surface area contributed by atoms with Crippen molar-refractivity contribution in [3.8, 4) is 17.8 Å². The standard InChI is InChI=1S/C12H8O4/c1-2-5-16-12-10(14)8-4-3-7(13)6-9(8)11(12)15/h3-4,6,12-13H,1H3. The molecule has 0 amide bonds. The van der Waals surface area contributed by atoms with Crippen molar-refractivity contribution in [1.82, 2.24) is 0 Å². The highest BCUT2D eigenvalue weighted by Crippen LogP contribution is 2.27. The maximum atomic E-state index is 11.7. The van der Waals surface area contributed by atoms with Gasteiger partial charge in [0.05, 0.1) is 0 Å². The summed E-state index contributed by atoms with van der Waals surface area (Å²) >= 11 is 0. The van der Waals surface area contributed by atoms with Crippen molar-refractivity contribution >= 4 is 11.6 Å². The molecule has 0 heterocycles. The second-order valence-corrected chi connectivity index (χ2v) is 3.31. The van der Waals surface area contributed by atoms with E-state index in [1.165, 1.54) is 18.2 Å². The maximum Gasteiger partial charge on any atom is 0.235 e. The first-order valence-corrected chi connectivity index (χ1v) is 4.64. The fourth-order valence-electron chi connectivity index (χ4n) is 1.58. The van der Waals surface area contributed by atoms with Gasteiger partial charge in [-0.15, -0.1) is 0 Å². The van der Waals surface area contributed by atoms with E-state index in [1.54, 1.807) is 6.92 Å². The predicted molar refractivity (Wildman–Crippen MR) is 55.1 cm³/mol. The van der Waals surface area contributed by atoms with Crippen LogP contribution in [-0.2, 0) is 4.74 Å². The van der Waals surface area contributed by atoms with Crippen molar-refractivity contribution in [2.45, 2.75) is 13.0 Å². The predicted octanol–water partition coefficient (Wildman–Crippen LogP) is 1.14. The monoisotopic (exact) mass is 216 g/mol. The summed E-state index contributed by atoms with van der Waals surface area (Å²) in [7, 11) is 0. The van der Waals surface area contributed by atoms with Crippen LogP contribution in [-0.4, -0.2) is 22.8 Å². The number of hydrogen-bond donors (Lipinski definition) is 1. The zero-order chi connectivity index (χ0) is 11.7. The number of phenolic OH excluding ortho intramolecular Hbond substituents is 1. The Kier molecular flexibility index (Phi) is 2.37. The van der Waals surface area contributed by atoms with E-state index in [-0.39, 0.29) is 16.9 Å². The van der Waals surface area contributed by atoms with E-state index >= 15 is 0 Å². The molecule has 80 valence electrons. The first kappa shape index (κ1) is 10.2. The molecule has 1 aromatic rings. The first-order valence-electron chi connectivity index (χ1n) is 4.64. The van der Waals surface area contributed by atoms with Gasteiger partial charge in [-0.2, -0.15) is 0 Å². The summed E-state index contributed by atoms with van der Waals surface area (Å²) in [5, 5.41) is 9.23. The molecule has 1 unspecified atom stereocenters. The van der Waals surface area contributed by atoms with Crippen molar-refractivity contribution < 1.29 is 19.4 Å². The van der Waals surface area contributed by atoms with Gasteiger partial charge in [0.2, 0.25) is 17.7 Å². The highest BCUT2D eigenvalue weighted by atomic mass is 16.5. The zero-order valence-electron chi connectivity index (χ0n) is 8.48. The van der Waals surface area contributed by atoms with Crippen LogP contribution in [0.4, 0.5) is 0 Å². The van der Waals surface area contributed by atoms with Crippen molar-refractivity contribution in [1.29, 1.82) is 0 Å². The van der Waals surface area contributed by atoms with Crippen LogP contribution < -0.4 is 0 Å². The molecule has 1 aliphatic carbocycles. The fourth-order valence-corrected chi connectivity index (χ4v) is 1.58. The molecule has 0 aromatic heterocycles. The number of carbonyl (C=O) groups excluding carboxylic acids is 2. The van der Waals surface area contributed by atoms with Gasteiger partial charge in [0, 0.05) is 18.1 Å². The van der Waals surface area contributed by atoms with Crippen molar-refractivity contribution in [2.24, 2.45) is 0 Å². The highest BCUT2D eigenvalue weighted by molar-refractivity contribution is 6.28. The summed E-state index contributed by atoms with van der Waals surface area (Å²) in [5.41, 5.74) is 0.457. The Labute approximate surface area is 91.8 Å². The number of benzene rings is 1. The number of ketones is 2. The maximum absolute atomic E-state index is 11.7. The van der Waals surface area contributed by atoms with E-state index in [0.29, 0.717) is 0 Å². The molecule has 1 N–H and O–H groups in total. The molecule has 4 heteroatoms. The molecule has 1 aromatic carbocycles. The molecule has 4 nitrogen and oxygen atoms in total. The second kappa shape index (κ2) is 3.70. The van der Waals surface area contributed by atoms with Gasteiger partial charge in [-0.1, -0.05) is 5.92 Å². The van der Waals surface area contributed by atoms with Gasteiger partial charge in [-0.3, -0.25) is 9.59 Å². The number of ether oxygens (including phenoxy) is 1. The Hall–Kier alpha value is -2.28. The van der Waals surface area contributed by atoms with E-state index in [1.807, 2.05) is 0 Å². The Morgan fingerprint density at radius 2 is 1.94 bits per heavy atom. The lowest BCUT2D eigenvalue weighted by Gasteiger charge is -2.01. The average Bonchev–Trinajstić information content (AvgIpc) is 2.50. The molecule has 0 spiro atoms. The molecular formula is C12H8O4. The van der Waals surface area contributed by atoms with E-state index in [0.717, 1.165) is 0 Å². The van der Waals surface area contributed by atoms with Gasteiger partial charge in [-0.25, -0.2) is 0 Å². The molecule has 0 saturated heterocycles. The van der Waals surface area contributed by atoms with Gasteiger partial charge in [0.15, 0.2) is 0 Å². The molecule has 1 atom stereocenters. The Morgan fingerprint density at radius 1 is 1.25 bits per heavy atom. The number of phenols is 1. The SMILES string of the molecule is CC#COC1C(=O)c2ccc(O)cc2C1=O. The largest absolute Gasteiger partial charge is 0.508 e. The third-order valence-electron chi connectivity index (χ3n) is 2.29. The molecule has 0 aliphatic heterocycles. The summed E-state index contributed by atoms with van der Waals surface area (Å²) in [6.45, 7) is 1.54. The van der Waals surface area contributed by atoms with Crippen LogP contribution in [0.5, 0.6) is 5.75 Å². The Bertz CT molecular complexity index is 534. The quantitative estimate of drug-likeness (QED) is 0.564. The molecular weight excluding hydrogens is 208 g/mol. The van der Waals surface area contributed by atoms with Crippen LogP contribution in [0.2, 0.25) is 0 Å². The lowest BCUT2D eigenvalue weighted by atomic mass is 10.1. The minimum Gasteiger partial charge on any atom is -0.508 e. The van der Waals surface area contributed by atoms with E-state index in [4.69, 9.17) is 4.74 Å². The number of rotatable bonds is 1. The summed E-state index contributed by atoms with van der Waals surface area (Å²) in [5.74, 6) is 1.52. The average molecular weight is 216 g/mol. The summed E-state index contributed by atoms with van der Waals surface area (Å²) in [6.07, 6.45) is 1.06. The van der Waals surface area contributed by atoms with Crippen LogP contribution in [0.3, 0.4) is 0 Å². The summed E-state index contributed by atoms with van der Waals surface area (Å²) in [6, 6.07) is 4.03. The number of aromatic hydroxyl groups is 1. The van der Waals surface area contributed by atoms with E-state index in [2.05, 4.69) is 12.0 Å². The number of hydrogen-bond acceptors (Lipinski definition) is 4. The fraction of sp³-hybridized carbons (Fsp3) is 0.167. The third kappa shape index (κ3) is 1.43. The number of fused-ring (bicyclic) bond motifs is 1. The second-order valence-electron chi connectivity index (χ2n) is 3.31.